The molecule has 0 fully saturated rings. The van der Waals surface area contributed by atoms with Gasteiger partial charge in [0.25, 0.3) is 0 Å². The molecular formula is C38H42Hf. The van der Waals surface area contributed by atoms with Crippen molar-refractivity contribution in [1.82, 2.24) is 0 Å². The Bertz CT molecular complexity index is 1730. The Kier molecular flexibility index (Phi) is 5.16. The maximum absolute atomic E-state index is 5.57. The minimum atomic E-state index is -5.06. The van der Waals surface area contributed by atoms with Gasteiger partial charge in [-0.1, -0.05) is 0 Å². The van der Waals surface area contributed by atoms with Crippen molar-refractivity contribution in [3.05, 3.63) is 130 Å². The van der Waals surface area contributed by atoms with Gasteiger partial charge in [0.1, 0.15) is 0 Å². The number of fused-ring (bicyclic) bond motifs is 2. The first-order valence-corrected chi connectivity index (χ1v) is 34.6. The first kappa shape index (κ1) is 26.3. The zero-order valence-corrected chi connectivity index (χ0v) is 28.1. The average molecular weight is 677 g/mol. The van der Waals surface area contributed by atoms with E-state index in [0.29, 0.717) is 7.35 Å². The Balaban J connectivity index is 1.56. The van der Waals surface area contributed by atoms with Crippen LogP contribution in [-0.2, 0) is 15.1 Å². The molecule has 2 atom stereocenters. The van der Waals surface area contributed by atoms with E-state index in [1.165, 1.54) is 55.6 Å². The summed E-state index contributed by atoms with van der Waals surface area (Å²) in [6, 6.07) is 31.7. The molecule has 0 aliphatic heterocycles. The fraction of sp³-hybridized carbons (Fsp3) is 0.237. The molecule has 2 aliphatic rings. The van der Waals surface area contributed by atoms with E-state index in [-0.39, 0.29) is 0 Å². The summed E-state index contributed by atoms with van der Waals surface area (Å²) in [5, 5.41) is 0. The Morgan fingerprint density at radius 1 is 0.615 bits per heavy atom. The number of aryl methyl sites for hydroxylation is 2. The van der Waals surface area contributed by atoms with E-state index >= 15 is 0 Å². The molecule has 198 valence electrons. The monoisotopic (exact) mass is 678 g/mol. The van der Waals surface area contributed by atoms with Crippen LogP contribution in [0.5, 0.6) is 0 Å². The quantitative estimate of drug-likeness (QED) is 0.185. The van der Waals surface area contributed by atoms with Crippen molar-refractivity contribution in [1.29, 1.82) is 0 Å². The van der Waals surface area contributed by atoms with E-state index in [1.54, 1.807) is 0 Å². The second-order valence-corrected chi connectivity index (χ2v) is 70.3. The third-order valence-corrected chi connectivity index (χ3v) is 49.6. The molecule has 0 radical (unpaired) electrons. The van der Waals surface area contributed by atoms with Crippen LogP contribution >= 0.6 is 0 Å². The van der Waals surface area contributed by atoms with Gasteiger partial charge in [-0.2, -0.15) is 0 Å². The van der Waals surface area contributed by atoms with Crippen LogP contribution in [0.15, 0.2) is 97.1 Å². The van der Waals surface area contributed by atoms with Crippen LogP contribution in [0, 0.1) is 13.8 Å². The molecule has 0 bridgehead atoms. The van der Waals surface area contributed by atoms with Gasteiger partial charge in [0.2, 0.25) is 0 Å². The summed E-state index contributed by atoms with van der Waals surface area (Å²) >= 11 is -5.06. The van der Waals surface area contributed by atoms with Crippen LogP contribution in [0.2, 0.25) is 18.2 Å². The number of allylic oxidation sites excluding steroid dienone is 2. The van der Waals surface area contributed by atoms with Crippen molar-refractivity contribution in [3.63, 3.8) is 0 Å². The average Bonchev–Trinajstić information content (AvgIpc) is 3.55. The predicted molar refractivity (Wildman–Crippen MR) is 172 cm³/mol. The van der Waals surface area contributed by atoms with E-state index in [2.05, 4.69) is 144 Å². The topological polar surface area (TPSA) is 0 Å². The molecule has 0 saturated heterocycles. The van der Waals surface area contributed by atoms with Gasteiger partial charge < -0.3 is 0 Å². The number of benzene rings is 4. The van der Waals surface area contributed by atoms with E-state index in [4.69, 9.17) is 4.26 Å². The molecule has 1 heteroatoms. The first-order valence-electron chi connectivity index (χ1n) is 14.6. The Hall–Kier alpha value is -2.90. The molecule has 6 rings (SSSR count). The second kappa shape index (κ2) is 7.64. The fourth-order valence-corrected chi connectivity index (χ4v) is 33.1. The molecule has 2 aliphatic carbocycles. The molecule has 0 saturated carbocycles. The van der Waals surface area contributed by atoms with Crippen molar-refractivity contribution in [2.45, 2.75) is 46.3 Å². The van der Waals surface area contributed by atoms with E-state index in [9.17, 15) is 0 Å². The normalized spacial score (nSPS) is 20.5. The van der Waals surface area contributed by atoms with Crippen LogP contribution in [0.4, 0.5) is 0 Å². The first-order chi connectivity index (χ1) is 18.3. The standard InChI is InChI=1S/2C16H13.C2H5.3CH3.CH2.Hf/c2*1-12-5-2-8-14(11-12)16-10-4-7-13-6-3-9-15(13)16;1-2;;;;;/h2*2-11H,1H3;1H2,2H3;3*1H3;1H2;. The Labute approximate surface area is 229 Å². The predicted octanol–water partition coefficient (Wildman–Crippen LogP) is 11.2. The zero-order chi connectivity index (χ0) is 27.7. The molecule has 0 aromatic heterocycles. The molecule has 0 spiro atoms. The third kappa shape index (κ3) is 3.76. The molecule has 2 unspecified atom stereocenters. The van der Waals surface area contributed by atoms with Crippen LogP contribution in [-0.4, -0.2) is 4.26 Å². The summed E-state index contributed by atoms with van der Waals surface area (Å²) in [5.74, 6) is 0. The Morgan fingerprint density at radius 2 is 1.03 bits per heavy atom. The van der Waals surface area contributed by atoms with Crippen molar-refractivity contribution in [3.8, 4) is 22.3 Å². The summed E-state index contributed by atoms with van der Waals surface area (Å²) in [5.41, 5.74) is 13.5. The van der Waals surface area contributed by atoms with Gasteiger partial charge in [-0.25, -0.2) is 0 Å². The van der Waals surface area contributed by atoms with Crippen molar-refractivity contribution >= 4 is 16.4 Å². The molecular weight excluding hydrogens is 635 g/mol. The third-order valence-electron chi connectivity index (χ3n) is 11.3. The number of hydrogen-bond donors (Lipinski definition) is 0. The van der Waals surface area contributed by atoms with Crippen molar-refractivity contribution in [2.75, 3.05) is 0 Å². The van der Waals surface area contributed by atoms with Crippen LogP contribution in [0.3, 0.4) is 0 Å². The summed E-state index contributed by atoms with van der Waals surface area (Å²) in [4.78, 5) is 0. The van der Waals surface area contributed by atoms with Gasteiger partial charge in [-0.05, 0) is 0 Å². The second-order valence-electron chi connectivity index (χ2n) is 16.0. The zero-order valence-electron chi connectivity index (χ0n) is 24.5. The molecule has 0 N–H and O–H groups in total. The Morgan fingerprint density at radius 3 is 1.41 bits per heavy atom. The molecule has 4 aromatic carbocycles. The van der Waals surface area contributed by atoms with Gasteiger partial charge in [-0.3, -0.25) is 0 Å². The van der Waals surface area contributed by atoms with Gasteiger partial charge >= 0.3 is 231 Å². The number of rotatable bonds is 5. The maximum atomic E-state index is 5.57. The van der Waals surface area contributed by atoms with Gasteiger partial charge in [-0.15, -0.1) is 0 Å². The van der Waals surface area contributed by atoms with Gasteiger partial charge in [0, 0.05) is 0 Å². The van der Waals surface area contributed by atoms with Crippen LogP contribution in [0.1, 0.15) is 47.7 Å². The molecule has 4 aromatic rings. The summed E-state index contributed by atoms with van der Waals surface area (Å²) in [6.07, 6.45) is 9.88. The summed E-state index contributed by atoms with van der Waals surface area (Å²) < 4.78 is 15.2. The van der Waals surface area contributed by atoms with Crippen LogP contribution < -0.4 is 0 Å². The molecule has 0 nitrogen and oxygen atoms in total. The molecule has 39 heavy (non-hydrogen) atoms. The fourth-order valence-electron chi connectivity index (χ4n) is 7.95. The van der Waals surface area contributed by atoms with Gasteiger partial charge in [0.05, 0.1) is 0 Å². The minimum absolute atomic E-state index is 0.308. The van der Waals surface area contributed by atoms with Gasteiger partial charge in [0.15, 0.2) is 0 Å². The summed E-state index contributed by atoms with van der Waals surface area (Å²) in [7, 11) is 0. The summed E-state index contributed by atoms with van der Waals surface area (Å²) in [6.45, 7) is 6.78. The molecule has 0 heterocycles. The van der Waals surface area contributed by atoms with Crippen molar-refractivity contribution in [2.24, 2.45) is 0 Å². The van der Waals surface area contributed by atoms with Crippen molar-refractivity contribution < 1.29 is 15.1 Å². The SMILES string of the molecule is [CH2]=[Hf]([CH3])([CH3])([CH3])([CH2]C)([CH]1C=Cc2c(-c3cccc(C)c3)cccc21)[CH]1C=Cc2c(-c3cccc(C)c3)cccc21. The van der Waals surface area contributed by atoms with E-state index in [1.807, 2.05) is 0 Å². The molecule has 0 amide bonds. The van der Waals surface area contributed by atoms with E-state index < -0.39 is 15.1 Å². The van der Waals surface area contributed by atoms with E-state index in [0.717, 1.165) is 4.18 Å². The van der Waals surface area contributed by atoms with Crippen LogP contribution in [0.25, 0.3) is 34.4 Å². The number of hydrogen-bond acceptors (Lipinski definition) is 0.